The summed E-state index contributed by atoms with van der Waals surface area (Å²) in [7, 11) is -0.585. The smallest absolute Gasteiger partial charge is 0.329 e. The van der Waals surface area contributed by atoms with Crippen LogP contribution in [-0.4, -0.2) is 50.0 Å². The molecule has 1 aliphatic heterocycles. The van der Waals surface area contributed by atoms with Crippen molar-refractivity contribution in [2.45, 2.75) is 30.4 Å². The number of esters is 1. The molecule has 0 amide bonds. The van der Waals surface area contributed by atoms with Crippen molar-refractivity contribution in [1.29, 1.82) is 0 Å². The Balaban J connectivity index is 2.06. The summed E-state index contributed by atoms with van der Waals surface area (Å²) in [5.41, 5.74) is 0.518. The molecule has 0 saturated carbocycles. The summed E-state index contributed by atoms with van der Waals surface area (Å²) in [5.74, 6) is -0.342. The van der Waals surface area contributed by atoms with Crippen molar-refractivity contribution in [1.82, 2.24) is 9.62 Å². The Hall–Kier alpha value is -1.71. The van der Waals surface area contributed by atoms with Gasteiger partial charge in [0.25, 0.3) is 0 Å². The van der Waals surface area contributed by atoms with E-state index in [9.17, 15) is 13.2 Å². The highest BCUT2D eigenvalue weighted by atomic mass is 32.2. The second-order valence-corrected chi connectivity index (χ2v) is 8.01. The zero-order valence-corrected chi connectivity index (χ0v) is 14.7. The lowest BCUT2D eigenvalue weighted by Gasteiger charge is -2.15. The predicted molar refractivity (Wildman–Crippen MR) is 90.6 cm³/mol. The standard InChI is InChI=1S/C14H19N3O4S2/c1-9-7-12(13(18)21-9)16-14(22)15-10-5-4-6-11(8-10)23(19,20)17(2)3/h4-6,8-9,12H,7H2,1-3H3,(H2,15,16,22)/t9-,12+/m1/s1. The second-order valence-electron chi connectivity index (χ2n) is 5.45. The summed E-state index contributed by atoms with van der Waals surface area (Å²) < 4.78 is 30.4. The van der Waals surface area contributed by atoms with Gasteiger partial charge in [0.05, 0.1) is 4.90 Å². The van der Waals surface area contributed by atoms with E-state index in [4.69, 9.17) is 17.0 Å². The Morgan fingerprint density at radius 1 is 1.39 bits per heavy atom. The molecule has 1 aromatic rings. The fourth-order valence-corrected chi connectivity index (χ4v) is 3.35. The average molecular weight is 357 g/mol. The SMILES string of the molecule is C[C@@H]1C[C@H](NC(=S)Nc2cccc(S(=O)(=O)N(C)C)c2)C(=O)O1. The highest BCUT2D eigenvalue weighted by Gasteiger charge is 2.32. The Morgan fingerprint density at radius 3 is 2.65 bits per heavy atom. The van der Waals surface area contributed by atoms with Gasteiger partial charge in [-0.3, -0.25) is 0 Å². The Labute approximate surface area is 141 Å². The predicted octanol–water partition coefficient (Wildman–Crippen LogP) is 0.927. The zero-order valence-electron chi connectivity index (χ0n) is 13.1. The van der Waals surface area contributed by atoms with Crippen molar-refractivity contribution in [3.05, 3.63) is 24.3 Å². The maximum atomic E-state index is 12.1. The fraction of sp³-hybridized carbons (Fsp3) is 0.429. The average Bonchev–Trinajstić information content (AvgIpc) is 2.76. The summed E-state index contributed by atoms with van der Waals surface area (Å²) >= 11 is 5.16. The number of carbonyl (C=O) groups is 1. The van der Waals surface area contributed by atoms with E-state index in [2.05, 4.69) is 10.6 Å². The molecule has 0 aromatic heterocycles. The number of anilines is 1. The lowest BCUT2D eigenvalue weighted by molar-refractivity contribution is -0.142. The number of thiocarbonyl (C=S) groups is 1. The number of sulfonamides is 1. The molecule has 1 fully saturated rings. The first-order chi connectivity index (χ1) is 10.7. The first-order valence-corrected chi connectivity index (χ1v) is 8.85. The van der Waals surface area contributed by atoms with E-state index < -0.39 is 16.1 Å². The number of carbonyl (C=O) groups excluding carboxylic acids is 1. The molecule has 1 heterocycles. The van der Waals surface area contributed by atoms with Gasteiger partial charge >= 0.3 is 5.97 Å². The largest absolute Gasteiger partial charge is 0.461 e. The van der Waals surface area contributed by atoms with E-state index in [-0.39, 0.29) is 22.1 Å². The van der Waals surface area contributed by atoms with Crippen LogP contribution in [0.5, 0.6) is 0 Å². The van der Waals surface area contributed by atoms with Crippen LogP contribution in [0.15, 0.2) is 29.2 Å². The molecule has 2 atom stereocenters. The molecular formula is C14H19N3O4S2. The van der Waals surface area contributed by atoms with E-state index in [0.717, 1.165) is 4.31 Å². The number of nitrogens with one attached hydrogen (secondary N) is 2. The van der Waals surface area contributed by atoms with Gasteiger partial charge in [-0.15, -0.1) is 0 Å². The summed E-state index contributed by atoms with van der Waals surface area (Å²) in [5, 5.41) is 6.00. The van der Waals surface area contributed by atoms with E-state index >= 15 is 0 Å². The summed E-state index contributed by atoms with van der Waals surface area (Å²) in [6.45, 7) is 1.81. The molecule has 0 radical (unpaired) electrons. The maximum absolute atomic E-state index is 12.1. The quantitative estimate of drug-likeness (QED) is 0.612. The minimum Gasteiger partial charge on any atom is -0.461 e. The van der Waals surface area contributed by atoms with Crippen LogP contribution in [0.2, 0.25) is 0 Å². The molecule has 0 aliphatic carbocycles. The molecule has 2 rings (SSSR count). The van der Waals surface area contributed by atoms with Gasteiger partial charge in [-0.05, 0) is 37.3 Å². The lowest BCUT2D eigenvalue weighted by atomic mass is 10.2. The van der Waals surface area contributed by atoms with Crippen molar-refractivity contribution in [2.24, 2.45) is 0 Å². The van der Waals surface area contributed by atoms with Gasteiger partial charge in [0.15, 0.2) is 5.11 Å². The van der Waals surface area contributed by atoms with E-state index in [0.29, 0.717) is 12.1 Å². The van der Waals surface area contributed by atoms with Crippen molar-refractivity contribution >= 4 is 39.0 Å². The molecule has 1 aromatic carbocycles. The third-order valence-electron chi connectivity index (χ3n) is 3.35. The third-order valence-corrected chi connectivity index (χ3v) is 5.38. The Bertz CT molecular complexity index is 718. The molecule has 0 spiro atoms. The molecule has 0 bridgehead atoms. The van der Waals surface area contributed by atoms with Crippen LogP contribution >= 0.6 is 12.2 Å². The van der Waals surface area contributed by atoms with E-state index in [1.54, 1.807) is 12.1 Å². The van der Waals surface area contributed by atoms with Gasteiger partial charge < -0.3 is 15.4 Å². The fourth-order valence-electron chi connectivity index (χ4n) is 2.15. The Kier molecular flexibility index (Phi) is 5.23. The zero-order chi connectivity index (χ0) is 17.2. The monoisotopic (exact) mass is 357 g/mol. The first kappa shape index (κ1) is 17.6. The Morgan fingerprint density at radius 2 is 2.09 bits per heavy atom. The van der Waals surface area contributed by atoms with E-state index in [1.165, 1.54) is 26.2 Å². The van der Waals surface area contributed by atoms with Crippen LogP contribution in [0, 0.1) is 0 Å². The molecule has 126 valence electrons. The van der Waals surface area contributed by atoms with Crippen LogP contribution in [0.3, 0.4) is 0 Å². The van der Waals surface area contributed by atoms with Gasteiger partial charge in [-0.1, -0.05) is 6.07 Å². The van der Waals surface area contributed by atoms with Crippen LogP contribution in [0.4, 0.5) is 5.69 Å². The summed E-state index contributed by atoms with van der Waals surface area (Å²) in [6.07, 6.45) is 0.395. The number of ether oxygens (including phenoxy) is 1. The maximum Gasteiger partial charge on any atom is 0.329 e. The van der Waals surface area contributed by atoms with Crippen molar-refractivity contribution in [2.75, 3.05) is 19.4 Å². The minimum atomic E-state index is -3.52. The van der Waals surface area contributed by atoms with Crippen LogP contribution < -0.4 is 10.6 Å². The topological polar surface area (TPSA) is 87.7 Å². The number of rotatable bonds is 4. The molecule has 2 N–H and O–H groups in total. The van der Waals surface area contributed by atoms with Gasteiger partial charge in [-0.25, -0.2) is 17.5 Å². The molecule has 7 nitrogen and oxygen atoms in total. The summed E-state index contributed by atoms with van der Waals surface area (Å²) in [6, 6.07) is 5.82. The van der Waals surface area contributed by atoms with Crippen LogP contribution in [0.1, 0.15) is 13.3 Å². The number of nitrogens with zero attached hydrogens (tertiary/aromatic N) is 1. The molecule has 1 saturated heterocycles. The number of hydrogen-bond acceptors (Lipinski definition) is 5. The molecule has 23 heavy (non-hydrogen) atoms. The molecule has 0 unspecified atom stereocenters. The highest BCUT2D eigenvalue weighted by molar-refractivity contribution is 7.89. The first-order valence-electron chi connectivity index (χ1n) is 7.01. The van der Waals surface area contributed by atoms with E-state index in [1.807, 2.05) is 6.92 Å². The normalized spacial score (nSPS) is 21.1. The van der Waals surface area contributed by atoms with Gasteiger partial charge in [-0.2, -0.15) is 0 Å². The highest BCUT2D eigenvalue weighted by Crippen LogP contribution is 2.18. The van der Waals surface area contributed by atoms with Gasteiger partial charge in [0, 0.05) is 26.2 Å². The molecule has 9 heteroatoms. The second kappa shape index (κ2) is 6.81. The third kappa shape index (κ3) is 4.18. The van der Waals surface area contributed by atoms with Crippen LogP contribution in [0.25, 0.3) is 0 Å². The minimum absolute atomic E-state index is 0.142. The molecule has 1 aliphatic rings. The number of hydrogen-bond donors (Lipinski definition) is 2. The number of cyclic esters (lactones) is 1. The van der Waals surface area contributed by atoms with Crippen LogP contribution in [-0.2, 0) is 19.6 Å². The van der Waals surface area contributed by atoms with Gasteiger partial charge in [0.1, 0.15) is 12.1 Å². The van der Waals surface area contributed by atoms with Crippen molar-refractivity contribution in [3.8, 4) is 0 Å². The van der Waals surface area contributed by atoms with Gasteiger partial charge in [0.2, 0.25) is 10.0 Å². The van der Waals surface area contributed by atoms with Crippen molar-refractivity contribution in [3.63, 3.8) is 0 Å². The van der Waals surface area contributed by atoms with Crippen molar-refractivity contribution < 1.29 is 17.9 Å². The summed E-state index contributed by atoms with van der Waals surface area (Å²) in [4.78, 5) is 11.7. The molecular weight excluding hydrogens is 338 g/mol. The lowest BCUT2D eigenvalue weighted by Crippen LogP contribution is -2.40. The number of benzene rings is 1.